The van der Waals surface area contributed by atoms with Gasteiger partial charge in [-0.15, -0.1) is 0 Å². The number of benzene rings is 1. The van der Waals surface area contributed by atoms with E-state index in [1.807, 2.05) is 25.1 Å². The molecule has 1 amide bonds. The van der Waals surface area contributed by atoms with Gasteiger partial charge in [0.15, 0.2) is 4.80 Å². The zero-order valence-corrected chi connectivity index (χ0v) is 12.7. The molecule has 19 heavy (non-hydrogen) atoms. The number of carbonyl (C=O) groups is 1. The van der Waals surface area contributed by atoms with Crippen molar-refractivity contribution in [1.29, 1.82) is 0 Å². The van der Waals surface area contributed by atoms with Crippen molar-refractivity contribution in [2.24, 2.45) is 4.99 Å². The largest absolute Gasteiger partial charge is 0.315 e. The van der Waals surface area contributed by atoms with Crippen molar-refractivity contribution in [2.75, 3.05) is 0 Å². The van der Waals surface area contributed by atoms with Crippen LogP contribution in [0.15, 0.2) is 23.2 Å². The molecule has 0 fully saturated rings. The van der Waals surface area contributed by atoms with Crippen LogP contribution < -0.4 is 4.80 Å². The van der Waals surface area contributed by atoms with Crippen LogP contribution in [0.1, 0.15) is 33.1 Å². The van der Waals surface area contributed by atoms with E-state index >= 15 is 0 Å². The summed E-state index contributed by atoms with van der Waals surface area (Å²) in [4.78, 5) is 16.7. The summed E-state index contributed by atoms with van der Waals surface area (Å²) >= 11 is 7.79. The highest BCUT2D eigenvalue weighted by Crippen LogP contribution is 2.25. The highest BCUT2D eigenvalue weighted by Gasteiger charge is 2.09. The molecule has 0 N–H and O–H groups in total. The van der Waals surface area contributed by atoms with Gasteiger partial charge < -0.3 is 4.57 Å². The minimum atomic E-state index is -0.0602. The van der Waals surface area contributed by atoms with Gasteiger partial charge in [-0.2, -0.15) is 4.99 Å². The lowest BCUT2D eigenvalue weighted by Crippen LogP contribution is -2.16. The van der Waals surface area contributed by atoms with E-state index < -0.39 is 0 Å². The number of halogens is 1. The van der Waals surface area contributed by atoms with Gasteiger partial charge in [0.2, 0.25) is 5.91 Å². The van der Waals surface area contributed by atoms with Crippen LogP contribution in [0.4, 0.5) is 0 Å². The molecule has 102 valence electrons. The number of nitrogens with zero attached hydrogens (tertiary/aromatic N) is 2. The van der Waals surface area contributed by atoms with Gasteiger partial charge in [-0.3, -0.25) is 4.79 Å². The van der Waals surface area contributed by atoms with Crippen LogP contribution in [0, 0.1) is 0 Å². The predicted octanol–water partition coefficient (Wildman–Crippen LogP) is 3.99. The van der Waals surface area contributed by atoms with Crippen LogP contribution in [0.3, 0.4) is 0 Å². The quantitative estimate of drug-likeness (QED) is 0.840. The predicted molar refractivity (Wildman–Crippen MR) is 80.6 cm³/mol. The molecule has 5 heteroatoms. The Kier molecular flexibility index (Phi) is 4.77. The molecular weight excluding hydrogens is 280 g/mol. The van der Waals surface area contributed by atoms with Crippen LogP contribution in [0.25, 0.3) is 10.2 Å². The van der Waals surface area contributed by atoms with Crippen LogP contribution in [-0.4, -0.2) is 10.5 Å². The molecule has 3 nitrogen and oxygen atoms in total. The SMILES string of the molecule is CCCC(=O)N=c1sc2cccc(Cl)c2n1CCC. The number of thiazole rings is 1. The van der Waals surface area contributed by atoms with E-state index in [4.69, 9.17) is 11.6 Å². The molecule has 0 saturated carbocycles. The molecule has 2 rings (SSSR count). The normalized spacial score (nSPS) is 12.3. The lowest BCUT2D eigenvalue weighted by Gasteiger charge is -2.03. The zero-order chi connectivity index (χ0) is 13.8. The summed E-state index contributed by atoms with van der Waals surface area (Å²) < 4.78 is 3.12. The Morgan fingerprint density at radius 1 is 1.37 bits per heavy atom. The molecule has 0 spiro atoms. The Morgan fingerprint density at radius 2 is 2.16 bits per heavy atom. The van der Waals surface area contributed by atoms with Gasteiger partial charge in [0.05, 0.1) is 15.2 Å². The first-order chi connectivity index (χ1) is 9.17. The average molecular weight is 297 g/mol. The van der Waals surface area contributed by atoms with E-state index in [1.54, 1.807) is 0 Å². The maximum atomic E-state index is 11.7. The van der Waals surface area contributed by atoms with Crippen molar-refractivity contribution in [2.45, 2.75) is 39.7 Å². The molecule has 1 heterocycles. The Morgan fingerprint density at radius 3 is 2.84 bits per heavy atom. The summed E-state index contributed by atoms with van der Waals surface area (Å²) in [6.07, 6.45) is 2.29. The number of aromatic nitrogens is 1. The van der Waals surface area contributed by atoms with E-state index in [0.29, 0.717) is 11.4 Å². The highest BCUT2D eigenvalue weighted by atomic mass is 35.5. The summed E-state index contributed by atoms with van der Waals surface area (Å²) in [6.45, 7) is 4.91. The number of amides is 1. The van der Waals surface area contributed by atoms with E-state index in [2.05, 4.69) is 16.5 Å². The minimum Gasteiger partial charge on any atom is -0.315 e. The zero-order valence-electron chi connectivity index (χ0n) is 11.1. The van der Waals surface area contributed by atoms with Crippen LogP contribution >= 0.6 is 22.9 Å². The monoisotopic (exact) mass is 296 g/mol. The molecule has 1 aromatic heterocycles. The summed E-state index contributed by atoms with van der Waals surface area (Å²) in [6, 6.07) is 5.82. The third kappa shape index (κ3) is 3.07. The molecule has 0 aliphatic rings. The lowest BCUT2D eigenvalue weighted by atomic mass is 10.3. The number of hydrogen-bond donors (Lipinski definition) is 0. The second kappa shape index (κ2) is 6.35. The van der Waals surface area contributed by atoms with Gasteiger partial charge >= 0.3 is 0 Å². The molecule has 0 atom stereocenters. The number of para-hydroxylation sites is 1. The van der Waals surface area contributed by atoms with E-state index in [0.717, 1.165) is 34.4 Å². The third-order valence-electron chi connectivity index (χ3n) is 2.78. The van der Waals surface area contributed by atoms with Crippen molar-refractivity contribution in [3.8, 4) is 0 Å². The first-order valence-corrected chi connectivity index (χ1v) is 7.72. The number of hydrogen-bond acceptors (Lipinski definition) is 2. The number of fused-ring (bicyclic) bond motifs is 1. The molecule has 0 unspecified atom stereocenters. The molecule has 0 radical (unpaired) electrons. The van der Waals surface area contributed by atoms with Crippen molar-refractivity contribution in [3.05, 3.63) is 28.0 Å². The van der Waals surface area contributed by atoms with E-state index in [9.17, 15) is 4.79 Å². The topological polar surface area (TPSA) is 34.4 Å². The lowest BCUT2D eigenvalue weighted by molar-refractivity contribution is -0.118. The smallest absolute Gasteiger partial charge is 0.248 e. The first kappa shape index (κ1) is 14.3. The molecule has 1 aromatic carbocycles. The Balaban J connectivity index is 2.63. The fraction of sp³-hybridized carbons (Fsp3) is 0.429. The maximum Gasteiger partial charge on any atom is 0.248 e. The minimum absolute atomic E-state index is 0.0602. The van der Waals surface area contributed by atoms with Gasteiger partial charge in [-0.1, -0.05) is 42.9 Å². The van der Waals surface area contributed by atoms with Crippen molar-refractivity contribution in [3.63, 3.8) is 0 Å². The number of aryl methyl sites for hydroxylation is 1. The maximum absolute atomic E-state index is 11.7. The third-order valence-corrected chi connectivity index (χ3v) is 4.13. The Labute approximate surface area is 121 Å². The second-order valence-corrected chi connectivity index (χ2v) is 5.79. The van der Waals surface area contributed by atoms with Gasteiger partial charge in [0, 0.05) is 13.0 Å². The van der Waals surface area contributed by atoms with Crippen molar-refractivity contribution < 1.29 is 4.79 Å². The van der Waals surface area contributed by atoms with Crippen molar-refractivity contribution >= 4 is 39.1 Å². The highest BCUT2D eigenvalue weighted by molar-refractivity contribution is 7.16. The average Bonchev–Trinajstić information content (AvgIpc) is 2.69. The van der Waals surface area contributed by atoms with E-state index in [1.165, 1.54) is 11.3 Å². The fourth-order valence-corrected chi connectivity index (χ4v) is 3.41. The van der Waals surface area contributed by atoms with Gasteiger partial charge in [-0.05, 0) is 25.0 Å². The summed E-state index contributed by atoms with van der Waals surface area (Å²) in [5, 5.41) is 0.714. The standard InChI is InChI=1S/C14H17ClN2OS/c1-3-6-12(18)16-14-17(9-4-2)13-10(15)7-5-8-11(13)19-14/h5,7-8H,3-4,6,9H2,1-2H3. The number of carbonyl (C=O) groups excluding carboxylic acids is 1. The second-order valence-electron chi connectivity index (χ2n) is 4.38. The molecule has 0 aliphatic heterocycles. The molecule has 2 aromatic rings. The first-order valence-electron chi connectivity index (χ1n) is 6.52. The molecule has 0 aliphatic carbocycles. The fourth-order valence-electron chi connectivity index (χ4n) is 1.98. The molecule has 0 bridgehead atoms. The number of rotatable bonds is 4. The molecular formula is C14H17ClN2OS. The van der Waals surface area contributed by atoms with Gasteiger partial charge in [0.25, 0.3) is 0 Å². The van der Waals surface area contributed by atoms with E-state index in [-0.39, 0.29) is 5.91 Å². The van der Waals surface area contributed by atoms with Crippen molar-refractivity contribution in [1.82, 2.24) is 4.57 Å². The summed E-state index contributed by atoms with van der Waals surface area (Å²) in [5.74, 6) is -0.0602. The Hall–Kier alpha value is -1.13. The van der Waals surface area contributed by atoms with Gasteiger partial charge in [0.1, 0.15) is 0 Å². The molecule has 0 saturated heterocycles. The summed E-state index contributed by atoms with van der Waals surface area (Å²) in [7, 11) is 0. The van der Waals surface area contributed by atoms with Gasteiger partial charge in [-0.25, -0.2) is 0 Å². The van der Waals surface area contributed by atoms with Crippen LogP contribution in [0.5, 0.6) is 0 Å². The van der Waals surface area contributed by atoms with Crippen LogP contribution in [-0.2, 0) is 11.3 Å². The Bertz CT molecular complexity index is 657. The van der Waals surface area contributed by atoms with Crippen LogP contribution in [0.2, 0.25) is 5.02 Å². The summed E-state index contributed by atoms with van der Waals surface area (Å²) in [5.41, 5.74) is 0.985.